The lowest BCUT2D eigenvalue weighted by molar-refractivity contribution is -0.121. The second-order valence-electron chi connectivity index (χ2n) is 5.33. The molecule has 0 bridgehead atoms. The molecule has 0 saturated heterocycles. The Labute approximate surface area is 131 Å². The number of rotatable bonds is 9. The summed E-state index contributed by atoms with van der Waals surface area (Å²) in [5.74, 6) is -0.0817. The maximum atomic E-state index is 11.3. The van der Waals surface area contributed by atoms with Crippen LogP contribution in [0.5, 0.6) is 0 Å². The van der Waals surface area contributed by atoms with E-state index in [1.807, 2.05) is 30.1 Å². The Hall–Kier alpha value is -2.01. The fourth-order valence-electron chi connectivity index (χ4n) is 2.31. The zero-order chi connectivity index (χ0) is 16.5. The van der Waals surface area contributed by atoms with Crippen LogP contribution < -0.4 is 5.32 Å². The highest BCUT2D eigenvalue weighted by Gasteiger charge is 2.17. The van der Waals surface area contributed by atoms with E-state index in [1.54, 1.807) is 7.05 Å². The summed E-state index contributed by atoms with van der Waals surface area (Å²) in [6, 6.07) is 5.41. The predicted octanol–water partition coefficient (Wildman–Crippen LogP) is 1.59. The highest BCUT2D eigenvalue weighted by Crippen LogP contribution is 2.15. The van der Waals surface area contributed by atoms with Crippen LogP contribution in [0, 0.1) is 0 Å². The number of hydrogen-bond acceptors (Lipinski definition) is 4. The zero-order valence-corrected chi connectivity index (χ0v) is 13.5. The average Bonchev–Trinajstić information content (AvgIpc) is 2.54. The summed E-state index contributed by atoms with van der Waals surface area (Å²) >= 11 is 0. The van der Waals surface area contributed by atoms with Crippen molar-refractivity contribution in [2.45, 2.75) is 38.8 Å². The van der Waals surface area contributed by atoms with E-state index in [2.05, 4.69) is 12.2 Å². The number of aldehydes is 2. The second-order valence-corrected chi connectivity index (χ2v) is 5.33. The first-order valence-electron chi connectivity index (χ1n) is 7.48. The Bertz CT molecular complexity index is 529. The number of likely N-dealkylation sites (N-methyl/N-ethyl adjacent to an activating group) is 1. The summed E-state index contributed by atoms with van der Waals surface area (Å²) < 4.78 is 0. The predicted molar refractivity (Wildman–Crippen MR) is 85.8 cm³/mol. The smallest absolute Gasteiger partial charge is 0.219 e. The van der Waals surface area contributed by atoms with Crippen LogP contribution >= 0.6 is 0 Å². The third-order valence-corrected chi connectivity index (χ3v) is 3.83. The van der Waals surface area contributed by atoms with Crippen molar-refractivity contribution in [3.63, 3.8) is 0 Å². The van der Waals surface area contributed by atoms with E-state index in [-0.39, 0.29) is 11.9 Å². The van der Waals surface area contributed by atoms with Crippen molar-refractivity contribution in [2.24, 2.45) is 0 Å². The quantitative estimate of drug-likeness (QED) is 0.704. The van der Waals surface area contributed by atoms with Crippen LogP contribution in [0.1, 0.15) is 41.3 Å². The third-order valence-electron chi connectivity index (χ3n) is 3.83. The molecule has 1 aromatic carbocycles. The van der Waals surface area contributed by atoms with Gasteiger partial charge in [0.05, 0.1) is 6.04 Å². The molecule has 1 amide bonds. The van der Waals surface area contributed by atoms with Crippen LogP contribution in [0.25, 0.3) is 0 Å². The van der Waals surface area contributed by atoms with E-state index in [0.29, 0.717) is 24.9 Å². The molecule has 0 aromatic heterocycles. The Balaban J connectivity index is 2.80. The first kappa shape index (κ1) is 18.0. The molecule has 0 radical (unpaired) electrons. The van der Waals surface area contributed by atoms with Gasteiger partial charge in [0.15, 0.2) is 0 Å². The van der Waals surface area contributed by atoms with Gasteiger partial charge in [-0.05, 0) is 31.0 Å². The third kappa shape index (κ3) is 5.07. The van der Waals surface area contributed by atoms with Crippen molar-refractivity contribution in [1.29, 1.82) is 0 Å². The van der Waals surface area contributed by atoms with Gasteiger partial charge in [-0.1, -0.05) is 25.1 Å². The summed E-state index contributed by atoms with van der Waals surface area (Å²) in [6.45, 7) is 2.56. The molecule has 0 spiro atoms. The lowest BCUT2D eigenvalue weighted by Crippen LogP contribution is -2.34. The number of benzene rings is 1. The molecule has 5 nitrogen and oxygen atoms in total. The highest BCUT2D eigenvalue weighted by atomic mass is 16.1. The molecule has 1 unspecified atom stereocenters. The van der Waals surface area contributed by atoms with Crippen molar-refractivity contribution >= 4 is 18.5 Å². The second kappa shape index (κ2) is 9.10. The van der Waals surface area contributed by atoms with E-state index in [0.717, 1.165) is 30.1 Å². The maximum Gasteiger partial charge on any atom is 0.219 e. The van der Waals surface area contributed by atoms with E-state index in [1.165, 1.54) is 0 Å². The van der Waals surface area contributed by atoms with Crippen molar-refractivity contribution in [2.75, 3.05) is 14.1 Å². The van der Waals surface area contributed by atoms with Gasteiger partial charge in [0.2, 0.25) is 5.91 Å². The number of carbonyl (C=O) groups excluding carboxylic acids is 3. The van der Waals surface area contributed by atoms with E-state index in [9.17, 15) is 14.4 Å². The van der Waals surface area contributed by atoms with Gasteiger partial charge in [0, 0.05) is 25.6 Å². The van der Waals surface area contributed by atoms with Crippen molar-refractivity contribution < 1.29 is 14.4 Å². The summed E-state index contributed by atoms with van der Waals surface area (Å²) in [6.07, 6.45) is 3.35. The molecule has 120 valence electrons. The SMILES string of the molecule is CCc1ccc(C=O)c(CN(C)C(C=O)CCC(=O)NC)c1. The Kier molecular flexibility index (Phi) is 7.46. The monoisotopic (exact) mass is 304 g/mol. The van der Waals surface area contributed by atoms with Crippen LogP contribution in [0.15, 0.2) is 18.2 Å². The lowest BCUT2D eigenvalue weighted by atomic mass is 10.0. The summed E-state index contributed by atoms with van der Waals surface area (Å²) in [5, 5.41) is 2.55. The van der Waals surface area contributed by atoms with Crippen LogP contribution in [0.3, 0.4) is 0 Å². The topological polar surface area (TPSA) is 66.5 Å². The molecule has 0 aliphatic heterocycles. The van der Waals surface area contributed by atoms with Gasteiger partial charge in [0.1, 0.15) is 12.6 Å². The molecular formula is C17H24N2O3. The molecular weight excluding hydrogens is 280 g/mol. The summed E-state index contributed by atoms with van der Waals surface area (Å²) in [4.78, 5) is 35.6. The molecule has 1 aromatic rings. The molecule has 22 heavy (non-hydrogen) atoms. The number of amides is 1. The minimum atomic E-state index is -0.345. The van der Waals surface area contributed by atoms with E-state index < -0.39 is 0 Å². The molecule has 0 saturated carbocycles. The van der Waals surface area contributed by atoms with Crippen LogP contribution in [0.4, 0.5) is 0 Å². The molecule has 1 N–H and O–H groups in total. The van der Waals surface area contributed by atoms with Gasteiger partial charge in [-0.25, -0.2) is 0 Å². The van der Waals surface area contributed by atoms with Gasteiger partial charge < -0.3 is 10.1 Å². The van der Waals surface area contributed by atoms with Gasteiger partial charge in [0.25, 0.3) is 0 Å². The largest absolute Gasteiger partial charge is 0.359 e. The molecule has 1 rings (SSSR count). The van der Waals surface area contributed by atoms with Crippen LogP contribution in [0.2, 0.25) is 0 Å². The molecule has 0 aliphatic carbocycles. The van der Waals surface area contributed by atoms with Gasteiger partial charge >= 0.3 is 0 Å². The standard InChI is InChI=1S/C17H24N2O3/c1-4-13-5-6-14(11-20)15(9-13)10-19(3)16(12-21)7-8-17(22)18-2/h5-6,9,11-12,16H,4,7-8,10H2,1-3H3,(H,18,22). The molecule has 0 fully saturated rings. The van der Waals surface area contributed by atoms with Crippen LogP contribution in [-0.2, 0) is 22.6 Å². The fraction of sp³-hybridized carbons (Fsp3) is 0.471. The summed E-state index contributed by atoms with van der Waals surface area (Å²) in [5.41, 5.74) is 2.70. The number of nitrogens with zero attached hydrogens (tertiary/aromatic N) is 1. The first-order valence-corrected chi connectivity index (χ1v) is 7.48. The molecule has 0 aliphatic rings. The van der Waals surface area contributed by atoms with E-state index in [4.69, 9.17) is 0 Å². The van der Waals surface area contributed by atoms with E-state index >= 15 is 0 Å². The maximum absolute atomic E-state index is 11.3. The van der Waals surface area contributed by atoms with Crippen LogP contribution in [-0.4, -0.2) is 43.5 Å². The normalized spacial score (nSPS) is 12.0. The number of hydrogen-bond donors (Lipinski definition) is 1. The molecule has 1 atom stereocenters. The highest BCUT2D eigenvalue weighted by molar-refractivity contribution is 5.77. The number of aryl methyl sites for hydroxylation is 1. The summed E-state index contributed by atoms with van der Waals surface area (Å²) in [7, 11) is 3.41. The Morgan fingerprint density at radius 2 is 2.09 bits per heavy atom. The Morgan fingerprint density at radius 3 is 2.64 bits per heavy atom. The van der Waals surface area contributed by atoms with Gasteiger partial charge in [-0.3, -0.25) is 14.5 Å². The fourth-order valence-corrected chi connectivity index (χ4v) is 2.31. The zero-order valence-electron chi connectivity index (χ0n) is 13.5. The minimum Gasteiger partial charge on any atom is -0.359 e. The van der Waals surface area contributed by atoms with Crippen molar-refractivity contribution in [1.82, 2.24) is 10.2 Å². The molecule has 5 heteroatoms. The minimum absolute atomic E-state index is 0.0817. The lowest BCUT2D eigenvalue weighted by Gasteiger charge is -2.24. The van der Waals surface area contributed by atoms with Gasteiger partial charge in [-0.2, -0.15) is 0 Å². The number of nitrogens with one attached hydrogen (secondary N) is 1. The van der Waals surface area contributed by atoms with Crippen molar-refractivity contribution in [3.05, 3.63) is 34.9 Å². The average molecular weight is 304 g/mol. The number of carbonyl (C=O) groups is 3. The van der Waals surface area contributed by atoms with Crippen molar-refractivity contribution in [3.8, 4) is 0 Å². The Morgan fingerprint density at radius 1 is 1.36 bits per heavy atom. The first-order chi connectivity index (χ1) is 10.5. The van der Waals surface area contributed by atoms with Gasteiger partial charge in [-0.15, -0.1) is 0 Å². The molecule has 0 heterocycles.